The predicted molar refractivity (Wildman–Crippen MR) is 67.8 cm³/mol. The summed E-state index contributed by atoms with van der Waals surface area (Å²) in [5.41, 5.74) is -1.02. The Morgan fingerprint density at radius 1 is 1.37 bits per heavy atom. The van der Waals surface area contributed by atoms with Gasteiger partial charge in [-0.3, -0.25) is 10.1 Å². The van der Waals surface area contributed by atoms with Gasteiger partial charge in [0.2, 0.25) is 15.8 Å². The Balaban J connectivity index is 3.01. The summed E-state index contributed by atoms with van der Waals surface area (Å²) < 4.78 is 39.4. The monoisotopic (exact) mass is 290 g/mol. The first-order valence-corrected chi connectivity index (χ1v) is 7.31. The number of nitro benzene ring substituents is 1. The summed E-state index contributed by atoms with van der Waals surface area (Å²) in [6.45, 7) is 2.13. The number of sulfonamides is 1. The Labute approximate surface area is 110 Å². The van der Waals surface area contributed by atoms with Gasteiger partial charge in [0.1, 0.15) is 0 Å². The van der Waals surface area contributed by atoms with E-state index in [4.69, 9.17) is 0 Å². The molecule has 0 amide bonds. The van der Waals surface area contributed by atoms with Crippen LogP contribution in [0, 0.1) is 15.9 Å². The van der Waals surface area contributed by atoms with Gasteiger partial charge in [0.15, 0.2) is 4.90 Å². The first-order valence-electron chi connectivity index (χ1n) is 5.82. The molecule has 6 nitrogen and oxygen atoms in total. The molecule has 0 saturated heterocycles. The van der Waals surface area contributed by atoms with Crippen LogP contribution in [0.2, 0.25) is 0 Å². The van der Waals surface area contributed by atoms with Gasteiger partial charge >= 0.3 is 5.69 Å². The fourth-order valence-corrected chi connectivity index (χ4v) is 2.80. The van der Waals surface area contributed by atoms with Gasteiger partial charge in [0.05, 0.1) is 4.92 Å². The number of para-hydroxylation sites is 1. The summed E-state index contributed by atoms with van der Waals surface area (Å²) in [5.74, 6) is -1.17. The zero-order valence-corrected chi connectivity index (χ0v) is 11.2. The maximum Gasteiger partial charge on any atom is 0.324 e. The molecule has 0 heterocycles. The number of benzene rings is 1. The van der Waals surface area contributed by atoms with Crippen molar-refractivity contribution in [2.45, 2.75) is 31.1 Å². The maximum absolute atomic E-state index is 13.3. The lowest BCUT2D eigenvalue weighted by molar-refractivity contribution is -0.390. The molecule has 0 unspecified atom stereocenters. The molecule has 0 aliphatic rings. The molecule has 0 radical (unpaired) electrons. The van der Waals surface area contributed by atoms with E-state index in [1.54, 1.807) is 0 Å². The zero-order chi connectivity index (χ0) is 14.5. The van der Waals surface area contributed by atoms with Crippen molar-refractivity contribution in [1.29, 1.82) is 0 Å². The summed E-state index contributed by atoms with van der Waals surface area (Å²) in [4.78, 5) is 9.06. The van der Waals surface area contributed by atoms with Gasteiger partial charge in [-0.2, -0.15) is 4.39 Å². The summed E-state index contributed by atoms with van der Waals surface area (Å²) >= 11 is 0. The van der Waals surface area contributed by atoms with Gasteiger partial charge in [-0.15, -0.1) is 0 Å². The minimum absolute atomic E-state index is 0.170. The Hall–Kier alpha value is -1.54. The van der Waals surface area contributed by atoms with Crippen LogP contribution in [-0.2, 0) is 10.0 Å². The molecule has 0 saturated carbocycles. The molecule has 0 aliphatic heterocycles. The summed E-state index contributed by atoms with van der Waals surface area (Å²) in [5, 5.41) is 10.7. The second-order valence-electron chi connectivity index (χ2n) is 3.95. The van der Waals surface area contributed by atoms with Crippen molar-refractivity contribution in [3.8, 4) is 0 Å². The Kier molecular flexibility index (Phi) is 5.37. The molecule has 0 spiro atoms. The van der Waals surface area contributed by atoms with Crippen molar-refractivity contribution in [1.82, 2.24) is 4.72 Å². The van der Waals surface area contributed by atoms with E-state index in [0.717, 1.165) is 31.0 Å². The fraction of sp³-hybridized carbons (Fsp3) is 0.455. The molecule has 0 atom stereocenters. The van der Waals surface area contributed by atoms with Gasteiger partial charge < -0.3 is 0 Å². The van der Waals surface area contributed by atoms with Gasteiger partial charge in [0.25, 0.3) is 0 Å². The van der Waals surface area contributed by atoms with Crippen molar-refractivity contribution in [2.24, 2.45) is 0 Å². The summed E-state index contributed by atoms with van der Waals surface area (Å²) in [7, 11) is -4.07. The summed E-state index contributed by atoms with van der Waals surface area (Å²) in [6, 6.07) is 3.00. The number of hydrogen-bond donors (Lipinski definition) is 1. The van der Waals surface area contributed by atoms with Crippen LogP contribution in [0.4, 0.5) is 10.1 Å². The third-order valence-electron chi connectivity index (χ3n) is 2.49. The lowest BCUT2D eigenvalue weighted by Gasteiger charge is -2.07. The molecule has 1 aromatic carbocycles. The number of rotatable bonds is 7. The average molecular weight is 290 g/mol. The smallest absolute Gasteiger partial charge is 0.258 e. The highest BCUT2D eigenvalue weighted by atomic mass is 32.2. The van der Waals surface area contributed by atoms with Crippen molar-refractivity contribution in [2.75, 3.05) is 6.54 Å². The van der Waals surface area contributed by atoms with E-state index in [9.17, 15) is 22.9 Å². The van der Waals surface area contributed by atoms with Crippen LogP contribution in [0.15, 0.2) is 23.1 Å². The zero-order valence-electron chi connectivity index (χ0n) is 10.4. The highest BCUT2D eigenvalue weighted by molar-refractivity contribution is 7.89. The first kappa shape index (κ1) is 15.5. The lowest BCUT2D eigenvalue weighted by atomic mass is 10.3. The van der Waals surface area contributed by atoms with Crippen LogP contribution < -0.4 is 4.72 Å². The molecular weight excluding hydrogens is 275 g/mol. The fourth-order valence-electron chi connectivity index (χ4n) is 1.55. The SMILES string of the molecule is CCCCCNS(=O)(=O)c1cccc(F)c1[N+](=O)[O-]. The van der Waals surface area contributed by atoms with Crippen molar-refractivity contribution in [3.63, 3.8) is 0 Å². The number of hydrogen-bond acceptors (Lipinski definition) is 4. The molecule has 1 aromatic rings. The highest BCUT2D eigenvalue weighted by Gasteiger charge is 2.28. The van der Waals surface area contributed by atoms with E-state index in [1.807, 2.05) is 6.92 Å². The third kappa shape index (κ3) is 3.97. The van der Waals surface area contributed by atoms with E-state index < -0.39 is 31.3 Å². The van der Waals surface area contributed by atoms with E-state index >= 15 is 0 Å². The Bertz CT molecular complexity index is 560. The molecule has 8 heteroatoms. The van der Waals surface area contributed by atoms with E-state index in [0.29, 0.717) is 6.42 Å². The standard InChI is InChI=1S/C11H15FN2O4S/c1-2-3-4-8-13-19(17,18)10-7-5-6-9(12)11(10)14(15)16/h5-7,13H,2-4,8H2,1H3. The molecule has 1 rings (SSSR count). The van der Waals surface area contributed by atoms with Crippen molar-refractivity contribution < 1.29 is 17.7 Å². The quantitative estimate of drug-likeness (QED) is 0.473. The van der Waals surface area contributed by atoms with Gasteiger partial charge in [-0.25, -0.2) is 13.1 Å². The molecule has 0 fully saturated rings. The van der Waals surface area contributed by atoms with Gasteiger partial charge in [0, 0.05) is 6.54 Å². The summed E-state index contributed by atoms with van der Waals surface area (Å²) in [6.07, 6.45) is 2.38. The van der Waals surface area contributed by atoms with E-state index in [2.05, 4.69) is 4.72 Å². The highest BCUT2D eigenvalue weighted by Crippen LogP contribution is 2.26. The van der Waals surface area contributed by atoms with Crippen LogP contribution in [0.1, 0.15) is 26.2 Å². The van der Waals surface area contributed by atoms with Crippen LogP contribution >= 0.6 is 0 Å². The van der Waals surface area contributed by atoms with Crippen LogP contribution in [-0.4, -0.2) is 19.9 Å². The third-order valence-corrected chi connectivity index (χ3v) is 3.99. The largest absolute Gasteiger partial charge is 0.324 e. The normalized spacial score (nSPS) is 11.5. The molecule has 0 aliphatic carbocycles. The number of halogens is 1. The van der Waals surface area contributed by atoms with Crippen LogP contribution in [0.5, 0.6) is 0 Å². The molecule has 1 N–H and O–H groups in total. The van der Waals surface area contributed by atoms with E-state index in [-0.39, 0.29) is 6.54 Å². The van der Waals surface area contributed by atoms with Crippen LogP contribution in [0.3, 0.4) is 0 Å². The number of nitrogens with zero attached hydrogens (tertiary/aromatic N) is 1. The average Bonchev–Trinajstić information content (AvgIpc) is 2.34. The lowest BCUT2D eigenvalue weighted by Crippen LogP contribution is -2.25. The predicted octanol–water partition coefficient (Wildman–Crippen LogP) is 2.20. The second kappa shape index (κ2) is 6.58. The number of unbranched alkanes of at least 4 members (excludes halogenated alkanes) is 2. The van der Waals surface area contributed by atoms with Crippen molar-refractivity contribution >= 4 is 15.7 Å². The number of nitrogens with one attached hydrogen (secondary N) is 1. The second-order valence-corrected chi connectivity index (χ2v) is 5.68. The van der Waals surface area contributed by atoms with Gasteiger partial charge in [-0.1, -0.05) is 25.8 Å². The molecular formula is C11H15FN2O4S. The van der Waals surface area contributed by atoms with Crippen LogP contribution in [0.25, 0.3) is 0 Å². The Morgan fingerprint density at radius 2 is 2.05 bits per heavy atom. The molecule has 106 valence electrons. The minimum Gasteiger partial charge on any atom is -0.258 e. The topological polar surface area (TPSA) is 89.3 Å². The number of nitro groups is 1. The minimum atomic E-state index is -4.07. The molecule has 0 aromatic heterocycles. The van der Waals surface area contributed by atoms with Crippen molar-refractivity contribution in [3.05, 3.63) is 34.1 Å². The molecule has 0 bridgehead atoms. The van der Waals surface area contributed by atoms with E-state index in [1.165, 1.54) is 0 Å². The first-order chi connectivity index (χ1) is 8.90. The maximum atomic E-state index is 13.3. The molecule has 19 heavy (non-hydrogen) atoms. The Morgan fingerprint density at radius 3 is 2.63 bits per heavy atom. The van der Waals surface area contributed by atoms with Gasteiger partial charge in [-0.05, 0) is 18.6 Å².